The second kappa shape index (κ2) is 8.51. The SMILES string of the molecule is Cc1ccc(COc2ccc(Br)cc2C=Nn2c(=O)[nH]c3ccccc3c2=O)cc1. The molecule has 4 aromatic rings. The number of halogens is 1. The summed E-state index contributed by atoms with van der Waals surface area (Å²) in [7, 11) is 0. The number of hydrogen-bond acceptors (Lipinski definition) is 4. The lowest BCUT2D eigenvalue weighted by Gasteiger charge is -2.10. The molecule has 0 fully saturated rings. The lowest BCUT2D eigenvalue weighted by atomic mass is 10.1. The molecule has 0 aliphatic carbocycles. The van der Waals surface area contributed by atoms with Gasteiger partial charge in [0, 0.05) is 10.0 Å². The number of rotatable bonds is 5. The van der Waals surface area contributed by atoms with Gasteiger partial charge < -0.3 is 9.72 Å². The molecule has 0 atom stereocenters. The molecular weight excluding hydrogens is 446 g/mol. The highest BCUT2D eigenvalue weighted by Gasteiger charge is 2.07. The number of benzene rings is 3. The van der Waals surface area contributed by atoms with E-state index in [0.29, 0.717) is 28.8 Å². The zero-order chi connectivity index (χ0) is 21.1. The van der Waals surface area contributed by atoms with Gasteiger partial charge in [-0.05, 0) is 42.8 Å². The largest absolute Gasteiger partial charge is 0.488 e. The Morgan fingerprint density at radius 2 is 1.83 bits per heavy atom. The van der Waals surface area contributed by atoms with Crippen molar-refractivity contribution < 1.29 is 4.74 Å². The van der Waals surface area contributed by atoms with Crippen molar-refractivity contribution in [3.05, 3.63) is 109 Å². The molecular formula is C23H18BrN3O3. The summed E-state index contributed by atoms with van der Waals surface area (Å²) in [5.41, 5.74) is 2.24. The molecule has 0 bridgehead atoms. The summed E-state index contributed by atoms with van der Waals surface area (Å²) >= 11 is 3.43. The van der Waals surface area contributed by atoms with E-state index >= 15 is 0 Å². The van der Waals surface area contributed by atoms with Crippen molar-refractivity contribution in [1.82, 2.24) is 9.66 Å². The summed E-state index contributed by atoms with van der Waals surface area (Å²) < 4.78 is 7.59. The maximum Gasteiger partial charge on any atom is 0.349 e. The normalized spacial score (nSPS) is 11.3. The Kier molecular flexibility index (Phi) is 5.63. The summed E-state index contributed by atoms with van der Waals surface area (Å²) in [5, 5.41) is 4.52. The fourth-order valence-electron chi connectivity index (χ4n) is 2.97. The lowest BCUT2D eigenvalue weighted by Crippen LogP contribution is -2.32. The van der Waals surface area contributed by atoms with Gasteiger partial charge in [-0.15, -0.1) is 4.68 Å². The molecule has 0 aliphatic heterocycles. The quantitative estimate of drug-likeness (QED) is 0.450. The molecule has 1 N–H and O–H groups in total. The molecule has 150 valence electrons. The van der Waals surface area contributed by atoms with Crippen molar-refractivity contribution in [2.45, 2.75) is 13.5 Å². The predicted octanol–water partition coefficient (Wildman–Crippen LogP) is 4.22. The van der Waals surface area contributed by atoms with Crippen molar-refractivity contribution in [3.63, 3.8) is 0 Å². The van der Waals surface area contributed by atoms with Gasteiger partial charge in [0.05, 0.1) is 17.1 Å². The van der Waals surface area contributed by atoms with E-state index in [9.17, 15) is 9.59 Å². The van der Waals surface area contributed by atoms with Crippen LogP contribution in [0.4, 0.5) is 0 Å². The standard InChI is InChI=1S/C23H18BrN3O3/c1-15-6-8-16(9-7-15)14-30-21-11-10-18(24)12-17(21)13-25-27-22(28)19-4-2-3-5-20(19)26-23(27)29/h2-13H,14H2,1H3,(H,26,29). The van der Waals surface area contributed by atoms with Gasteiger partial charge in [-0.2, -0.15) is 5.10 Å². The third kappa shape index (κ3) is 4.26. The van der Waals surface area contributed by atoms with Crippen LogP contribution in [0, 0.1) is 6.92 Å². The molecule has 4 rings (SSSR count). The Hall–Kier alpha value is -3.45. The first-order valence-corrected chi connectivity index (χ1v) is 10.1. The highest BCUT2D eigenvalue weighted by molar-refractivity contribution is 9.10. The number of nitrogens with zero attached hydrogens (tertiary/aromatic N) is 2. The van der Waals surface area contributed by atoms with Crippen LogP contribution in [0.15, 0.2) is 85.9 Å². The van der Waals surface area contributed by atoms with Crippen LogP contribution in [-0.2, 0) is 6.61 Å². The molecule has 6 nitrogen and oxygen atoms in total. The predicted molar refractivity (Wildman–Crippen MR) is 121 cm³/mol. The van der Waals surface area contributed by atoms with Crippen molar-refractivity contribution in [2.24, 2.45) is 5.10 Å². The van der Waals surface area contributed by atoms with Gasteiger partial charge >= 0.3 is 5.69 Å². The van der Waals surface area contributed by atoms with Crippen LogP contribution in [0.2, 0.25) is 0 Å². The maximum atomic E-state index is 12.6. The number of hydrogen-bond donors (Lipinski definition) is 1. The molecule has 0 saturated heterocycles. The van der Waals surface area contributed by atoms with Crippen LogP contribution < -0.4 is 16.0 Å². The monoisotopic (exact) mass is 463 g/mol. The molecule has 30 heavy (non-hydrogen) atoms. The van der Waals surface area contributed by atoms with Crippen LogP contribution >= 0.6 is 15.9 Å². The van der Waals surface area contributed by atoms with Gasteiger partial charge in [-0.1, -0.05) is 57.9 Å². The van der Waals surface area contributed by atoms with Crippen molar-refractivity contribution in [1.29, 1.82) is 0 Å². The number of aryl methyl sites for hydroxylation is 1. The van der Waals surface area contributed by atoms with Gasteiger partial charge in [-0.25, -0.2) is 4.79 Å². The first-order chi connectivity index (χ1) is 14.5. The number of fused-ring (bicyclic) bond motifs is 1. The Morgan fingerprint density at radius 3 is 2.63 bits per heavy atom. The van der Waals surface area contributed by atoms with E-state index < -0.39 is 11.2 Å². The first kappa shape index (κ1) is 19.8. The molecule has 0 spiro atoms. The number of ether oxygens (including phenoxy) is 1. The van der Waals surface area contributed by atoms with Crippen LogP contribution in [0.5, 0.6) is 5.75 Å². The highest BCUT2D eigenvalue weighted by Crippen LogP contribution is 2.23. The van der Waals surface area contributed by atoms with Gasteiger partial charge in [0.25, 0.3) is 5.56 Å². The molecule has 0 aliphatic rings. The minimum atomic E-state index is -0.605. The highest BCUT2D eigenvalue weighted by atomic mass is 79.9. The fraction of sp³-hybridized carbons (Fsp3) is 0.0870. The van der Waals surface area contributed by atoms with Crippen LogP contribution in [0.25, 0.3) is 10.9 Å². The zero-order valence-corrected chi connectivity index (χ0v) is 17.7. The van der Waals surface area contributed by atoms with Crippen molar-refractivity contribution in [3.8, 4) is 5.75 Å². The lowest BCUT2D eigenvalue weighted by molar-refractivity contribution is 0.305. The van der Waals surface area contributed by atoms with E-state index in [1.54, 1.807) is 24.3 Å². The van der Waals surface area contributed by atoms with Crippen LogP contribution in [-0.4, -0.2) is 15.9 Å². The van der Waals surface area contributed by atoms with Crippen molar-refractivity contribution >= 4 is 33.0 Å². The van der Waals surface area contributed by atoms with E-state index in [4.69, 9.17) is 4.74 Å². The number of aromatic amines is 1. The van der Waals surface area contributed by atoms with Crippen LogP contribution in [0.3, 0.4) is 0 Å². The van der Waals surface area contributed by atoms with E-state index in [2.05, 4.69) is 26.0 Å². The average Bonchev–Trinajstić information content (AvgIpc) is 2.74. The minimum absolute atomic E-state index is 0.388. The van der Waals surface area contributed by atoms with E-state index in [0.717, 1.165) is 14.7 Å². The maximum absolute atomic E-state index is 12.6. The molecule has 0 saturated carbocycles. The van der Waals surface area contributed by atoms with Gasteiger partial charge in [-0.3, -0.25) is 4.79 Å². The molecule has 0 amide bonds. The summed E-state index contributed by atoms with van der Waals surface area (Å²) in [6.45, 7) is 2.42. The molecule has 3 aromatic carbocycles. The number of para-hydroxylation sites is 1. The molecule has 0 radical (unpaired) electrons. The Morgan fingerprint density at radius 1 is 1.07 bits per heavy atom. The second-order valence-electron chi connectivity index (χ2n) is 6.79. The van der Waals surface area contributed by atoms with Gasteiger partial charge in [0.15, 0.2) is 0 Å². The van der Waals surface area contributed by atoms with E-state index in [1.807, 2.05) is 49.4 Å². The molecule has 1 heterocycles. The Labute approximate surface area is 180 Å². The van der Waals surface area contributed by atoms with Crippen molar-refractivity contribution in [2.75, 3.05) is 0 Å². The van der Waals surface area contributed by atoms with Gasteiger partial charge in [0.1, 0.15) is 12.4 Å². The summed E-state index contributed by atoms with van der Waals surface area (Å²) in [6, 6.07) is 20.4. The summed E-state index contributed by atoms with van der Waals surface area (Å²) in [4.78, 5) is 27.6. The van der Waals surface area contributed by atoms with E-state index in [-0.39, 0.29) is 0 Å². The first-order valence-electron chi connectivity index (χ1n) is 9.27. The van der Waals surface area contributed by atoms with Crippen LogP contribution in [0.1, 0.15) is 16.7 Å². The smallest absolute Gasteiger partial charge is 0.349 e. The average molecular weight is 464 g/mol. The number of aromatic nitrogens is 2. The minimum Gasteiger partial charge on any atom is -0.488 e. The van der Waals surface area contributed by atoms with Gasteiger partial charge in [0.2, 0.25) is 0 Å². The van der Waals surface area contributed by atoms with E-state index in [1.165, 1.54) is 11.8 Å². The second-order valence-corrected chi connectivity index (χ2v) is 7.71. The third-order valence-corrected chi connectivity index (χ3v) is 5.08. The molecule has 0 unspecified atom stereocenters. The topological polar surface area (TPSA) is 76.5 Å². The Bertz CT molecular complexity index is 1350. The number of H-pyrrole nitrogens is 1. The summed E-state index contributed by atoms with van der Waals surface area (Å²) in [6.07, 6.45) is 1.45. The molecule has 1 aromatic heterocycles. The molecule has 7 heteroatoms. The number of nitrogens with one attached hydrogen (secondary N) is 1. The summed E-state index contributed by atoms with van der Waals surface area (Å²) in [5.74, 6) is 0.591. The zero-order valence-electron chi connectivity index (χ0n) is 16.1. The Balaban J connectivity index is 1.66. The fourth-order valence-corrected chi connectivity index (χ4v) is 3.35. The third-order valence-electron chi connectivity index (χ3n) is 4.58.